The highest BCUT2D eigenvalue weighted by Crippen LogP contribution is 2.57. The summed E-state index contributed by atoms with van der Waals surface area (Å²) >= 11 is 0. The summed E-state index contributed by atoms with van der Waals surface area (Å²) in [6, 6.07) is 3.46. The summed E-state index contributed by atoms with van der Waals surface area (Å²) < 4.78 is 25.9. The summed E-state index contributed by atoms with van der Waals surface area (Å²) in [7, 11) is 2.06. The summed E-state index contributed by atoms with van der Waals surface area (Å²) in [6.07, 6.45) is 2.93. The zero-order chi connectivity index (χ0) is 26.9. The first kappa shape index (κ1) is 22.9. The van der Waals surface area contributed by atoms with Crippen molar-refractivity contribution < 1.29 is 24.4 Å². The Balaban J connectivity index is 1.61. The Morgan fingerprint density at radius 2 is 2.00 bits per heavy atom. The molecule has 2 bridgehead atoms. The maximum atomic E-state index is 11.4. The number of benzene rings is 2. The van der Waals surface area contributed by atoms with Crippen molar-refractivity contribution in [2.45, 2.75) is 63.8 Å². The standard InChI is InChI=1S/C29H33N3O5/c1-6-7-35-27-16(4)28-29(37-13-36-28)24-18(27)10-20-25-23-17(8-14(2)15(3)26(23)34)9-19(31(25)5)21(11-30)32(20)22(24)12-33/h6,8,19-22,25,33-34H,1,7,9-10,12-13H2,2-5H3/t19-,20?,21+,22+,25+/m1/s1/i33T. The minimum absolute atomic E-state index is 0.0519. The molecule has 37 heavy (non-hydrogen) atoms. The number of likely N-dealkylation sites (N-methyl/N-ethyl adjacent to an activating group) is 1. The third-order valence-corrected chi connectivity index (χ3v) is 8.94. The monoisotopic (exact) mass is 505 g/mol. The lowest BCUT2D eigenvalue weighted by atomic mass is 9.71. The number of piperazine rings is 1. The molecule has 194 valence electrons. The summed E-state index contributed by atoms with van der Waals surface area (Å²) in [4.78, 5) is 4.47. The van der Waals surface area contributed by atoms with Crippen LogP contribution in [0.5, 0.6) is 23.0 Å². The van der Waals surface area contributed by atoms with Crippen molar-refractivity contribution in [2.24, 2.45) is 0 Å². The van der Waals surface area contributed by atoms with E-state index in [4.69, 9.17) is 20.8 Å². The first-order chi connectivity index (χ1) is 18.3. The molecule has 1 saturated heterocycles. The van der Waals surface area contributed by atoms with Crippen molar-refractivity contribution in [2.75, 3.05) is 27.1 Å². The van der Waals surface area contributed by atoms with E-state index in [0.717, 1.165) is 44.7 Å². The number of fused-ring (bicyclic) bond motifs is 9. The van der Waals surface area contributed by atoms with Crippen molar-refractivity contribution in [3.8, 4) is 29.1 Å². The van der Waals surface area contributed by atoms with Crippen molar-refractivity contribution in [1.82, 2.24) is 9.80 Å². The lowest BCUT2D eigenvalue weighted by Gasteiger charge is -2.59. The van der Waals surface area contributed by atoms with Gasteiger partial charge in [-0.25, -0.2) is 0 Å². The van der Waals surface area contributed by atoms with Crippen LogP contribution >= 0.6 is 0 Å². The zero-order valence-corrected chi connectivity index (χ0v) is 21.7. The molecule has 4 heterocycles. The predicted molar refractivity (Wildman–Crippen MR) is 137 cm³/mol. The smallest absolute Gasteiger partial charge is 0.231 e. The van der Waals surface area contributed by atoms with Crippen LogP contribution in [-0.4, -0.2) is 66.6 Å². The quantitative estimate of drug-likeness (QED) is 0.597. The van der Waals surface area contributed by atoms with Crippen LogP contribution in [0.2, 0.25) is 0 Å². The van der Waals surface area contributed by atoms with Gasteiger partial charge in [0.05, 0.1) is 24.8 Å². The van der Waals surface area contributed by atoms with Gasteiger partial charge in [-0.1, -0.05) is 18.7 Å². The minimum atomic E-state index is -0.455. The van der Waals surface area contributed by atoms with E-state index < -0.39 is 12.1 Å². The van der Waals surface area contributed by atoms with Gasteiger partial charge < -0.3 is 24.4 Å². The molecule has 1 unspecified atom stereocenters. The highest BCUT2D eigenvalue weighted by atomic mass is 16.7. The fraction of sp³-hybridized carbons (Fsp3) is 0.483. The molecule has 0 aliphatic carbocycles. The summed E-state index contributed by atoms with van der Waals surface area (Å²) in [5.41, 5.74) is 6.64. The van der Waals surface area contributed by atoms with Crippen molar-refractivity contribution in [3.05, 3.63) is 57.7 Å². The summed E-state index contributed by atoms with van der Waals surface area (Å²) in [6.45, 7) is 10.2. The second-order valence-electron chi connectivity index (χ2n) is 10.6. The topological polar surface area (TPSA) is 98.4 Å². The number of nitrogens with zero attached hydrogens (tertiary/aromatic N) is 3. The number of ether oxygens (including phenoxy) is 3. The van der Waals surface area contributed by atoms with Crippen LogP contribution in [0, 0.1) is 32.1 Å². The molecule has 8 nitrogen and oxygen atoms in total. The molecule has 2 aromatic rings. The number of aryl methyl sites for hydroxylation is 1. The maximum absolute atomic E-state index is 11.4. The number of aliphatic hydroxyl groups is 1. The van der Waals surface area contributed by atoms with Crippen LogP contribution in [0.3, 0.4) is 0 Å². The SMILES string of the molecule is [3H]OC[C@H]1c2c(c(OCC=C)c(C)c3c2OCO3)CC2[C@H]3c4c(cc(C)c(C)c4O)C[C@H]([C@H](C#N)N21)N3C. The van der Waals surface area contributed by atoms with E-state index in [9.17, 15) is 10.4 Å². The number of nitriles is 1. The largest absolute Gasteiger partial charge is 0.507 e. The maximum Gasteiger partial charge on any atom is 0.231 e. The van der Waals surface area contributed by atoms with E-state index in [1.54, 1.807) is 6.08 Å². The van der Waals surface area contributed by atoms with E-state index in [1.165, 1.54) is 0 Å². The van der Waals surface area contributed by atoms with Gasteiger partial charge >= 0.3 is 0 Å². The number of phenolic OH excluding ortho intramolecular Hbond substituents is 1. The van der Waals surface area contributed by atoms with Crippen molar-refractivity contribution >= 4 is 0 Å². The second kappa shape index (κ2) is 8.66. The molecule has 4 aliphatic heterocycles. The van der Waals surface area contributed by atoms with Crippen LogP contribution in [0.25, 0.3) is 0 Å². The Hall–Kier alpha value is -3.25. The molecule has 6 rings (SSSR count). The van der Waals surface area contributed by atoms with Gasteiger partial charge in [-0.3, -0.25) is 9.80 Å². The molecule has 2 N–H and O–H groups in total. The molecule has 0 radical (unpaired) electrons. The molecule has 4 aliphatic rings. The first-order valence-electron chi connectivity index (χ1n) is 13.2. The van der Waals surface area contributed by atoms with E-state index in [2.05, 4.69) is 35.6 Å². The Bertz CT molecular complexity index is 1370. The predicted octanol–water partition coefficient (Wildman–Crippen LogP) is 3.37. The molecule has 0 spiro atoms. The normalized spacial score (nSPS) is 28.0. The fourth-order valence-electron chi connectivity index (χ4n) is 7.19. The van der Waals surface area contributed by atoms with Gasteiger partial charge in [0.15, 0.2) is 11.5 Å². The Labute approximate surface area is 218 Å². The zero-order valence-electron chi connectivity index (χ0n) is 22.7. The van der Waals surface area contributed by atoms with Gasteiger partial charge in [0, 0.05) is 34.3 Å². The summed E-state index contributed by atoms with van der Waals surface area (Å²) in [5.74, 6) is 2.32. The van der Waals surface area contributed by atoms with Crippen molar-refractivity contribution in [1.29, 1.82) is 6.69 Å². The third-order valence-electron chi connectivity index (χ3n) is 8.94. The van der Waals surface area contributed by atoms with Gasteiger partial charge in [-0.2, -0.15) is 5.26 Å². The van der Waals surface area contributed by atoms with E-state index in [0.29, 0.717) is 36.7 Å². The third kappa shape index (κ3) is 3.18. The Kier molecular flexibility index (Phi) is 5.36. The van der Waals surface area contributed by atoms with E-state index >= 15 is 0 Å². The van der Waals surface area contributed by atoms with Gasteiger partial charge in [0.25, 0.3) is 0 Å². The molecular formula is C29H33N3O5. The van der Waals surface area contributed by atoms with Crippen LogP contribution < -0.4 is 14.2 Å². The highest BCUT2D eigenvalue weighted by Gasteiger charge is 2.56. The average Bonchev–Trinajstić information content (AvgIpc) is 3.39. The van der Waals surface area contributed by atoms with Gasteiger partial charge in [-0.05, 0) is 57.4 Å². The second-order valence-corrected chi connectivity index (χ2v) is 10.6. The molecule has 2 aromatic carbocycles. The van der Waals surface area contributed by atoms with Crippen LogP contribution in [-0.2, 0) is 12.8 Å². The number of hydrogen-bond donors (Lipinski definition) is 2. The molecule has 1 fully saturated rings. The molecule has 8 heteroatoms. The van der Waals surface area contributed by atoms with Crippen molar-refractivity contribution in [3.63, 3.8) is 0 Å². The Morgan fingerprint density at radius 3 is 2.73 bits per heavy atom. The molecule has 0 aromatic heterocycles. The number of rotatable bonds is 5. The lowest BCUT2D eigenvalue weighted by Crippen LogP contribution is -2.68. The fourth-order valence-corrected chi connectivity index (χ4v) is 7.19. The van der Waals surface area contributed by atoms with Gasteiger partial charge in [0.2, 0.25) is 8.22 Å². The number of phenols is 1. The lowest BCUT2D eigenvalue weighted by molar-refractivity contribution is -0.0825. The first-order valence-corrected chi connectivity index (χ1v) is 12.8. The molecular weight excluding hydrogens is 470 g/mol. The molecule has 0 amide bonds. The summed E-state index contributed by atoms with van der Waals surface area (Å²) in [5, 5.41) is 27.0. The number of aromatic hydroxyl groups is 1. The van der Waals surface area contributed by atoms with Crippen LogP contribution in [0.15, 0.2) is 18.7 Å². The van der Waals surface area contributed by atoms with E-state index in [1.807, 2.05) is 20.8 Å². The van der Waals surface area contributed by atoms with E-state index in [-0.39, 0.29) is 31.5 Å². The minimum Gasteiger partial charge on any atom is -0.507 e. The number of aliphatic hydroxyl groups excluding tert-OH is 1. The number of hydrogen-bond acceptors (Lipinski definition) is 8. The average molecular weight is 506 g/mol. The highest BCUT2D eigenvalue weighted by molar-refractivity contribution is 5.66. The molecule has 5 atom stereocenters. The van der Waals surface area contributed by atoms with Crippen LogP contribution in [0.4, 0.5) is 0 Å². The Morgan fingerprint density at radius 1 is 1.22 bits per heavy atom. The van der Waals surface area contributed by atoms with Crippen LogP contribution in [0.1, 0.15) is 51.0 Å². The van der Waals surface area contributed by atoms with Gasteiger partial charge in [0.1, 0.15) is 24.1 Å². The molecule has 0 saturated carbocycles. The van der Waals surface area contributed by atoms with Gasteiger partial charge in [-0.15, -0.1) is 0 Å².